The number of nitrogens with zero attached hydrogens (tertiary/aromatic N) is 4. The number of para-hydroxylation sites is 1. The van der Waals surface area contributed by atoms with Gasteiger partial charge >= 0.3 is 5.69 Å². The van der Waals surface area contributed by atoms with Crippen molar-refractivity contribution in [2.75, 3.05) is 10.6 Å². The van der Waals surface area contributed by atoms with Crippen molar-refractivity contribution < 1.29 is 13.7 Å². The van der Waals surface area contributed by atoms with E-state index in [0.29, 0.717) is 11.2 Å². The van der Waals surface area contributed by atoms with Gasteiger partial charge < -0.3 is 10.6 Å². The number of benzene rings is 2. The molecule has 0 aliphatic rings. The quantitative estimate of drug-likeness (QED) is 0.353. The Bertz CT molecular complexity index is 1280. The van der Waals surface area contributed by atoms with Gasteiger partial charge in [0.05, 0.1) is 21.8 Å². The second-order valence-corrected chi connectivity index (χ2v) is 6.38. The summed E-state index contributed by atoms with van der Waals surface area (Å²) in [4.78, 5) is 23.3. The lowest BCUT2D eigenvalue weighted by Gasteiger charge is -2.12. The van der Waals surface area contributed by atoms with Gasteiger partial charge in [0.1, 0.15) is 18.0 Å². The van der Waals surface area contributed by atoms with Gasteiger partial charge in [-0.3, -0.25) is 15.1 Å². The summed E-state index contributed by atoms with van der Waals surface area (Å²) in [6, 6.07) is 11.8. The third kappa shape index (κ3) is 3.70. The number of anilines is 4. The van der Waals surface area contributed by atoms with E-state index in [-0.39, 0.29) is 17.3 Å². The Morgan fingerprint density at radius 2 is 1.70 bits per heavy atom. The summed E-state index contributed by atoms with van der Waals surface area (Å²) >= 11 is 0. The number of nitrogens with one attached hydrogen (secondary N) is 2. The van der Waals surface area contributed by atoms with Crippen LogP contribution < -0.4 is 10.6 Å². The van der Waals surface area contributed by atoms with Crippen molar-refractivity contribution in [3.05, 3.63) is 82.3 Å². The first-order valence-electron chi connectivity index (χ1n) is 8.77. The predicted octanol–water partition coefficient (Wildman–Crippen LogP) is 5.01. The average molecular weight is 408 g/mol. The standard InChI is InChI=1S/C20H14F2N6O2/c1-11-5-6-12-3-2-4-15(17(12)25-11)26-19-18(28(29)30)20(24-10-23-19)27-16-9-13(21)7-8-14(16)22/h2-10H,1H3,(H2,23,24,26,27). The molecule has 0 spiro atoms. The van der Waals surface area contributed by atoms with Gasteiger partial charge in [-0.15, -0.1) is 0 Å². The van der Waals surface area contributed by atoms with Crippen molar-refractivity contribution in [1.82, 2.24) is 15.0 Å². The minimum Gasteiger partial charge on any atom is -0.332 e. The van der Waals surface area contributed by atoms with Crippen molar-refractivity contribution in [2.45, 2.75) is 6.92 Å². The molecule has 8 nitrogen and oxygen atoms in total. The average Bonchev–Trinajstić information content (AvgIpc) is 2.71. The van der Waals surface area contributed by atoms with Crippen LogP contribution in [0.3, 0.4) is 0 Å². The summed E-state index contributed by atoms with van der Waals surface area (Å²) in [5.41, 5.74) is 1.07. The highest BCUT2D eigenvalue weighted by Crippen LogP contribution is 2.35. The van der Waals surface area contributed by atoms with Crippen LogP contribution in [0.25, 0.3) is 10.9 Å². The highest BCUT2D eigenvalue weighted by molar-refractivity contribution is 5.93. The Morgan fingerprint density at radius 3 is 2.43 bits per heavy atom. The molecule has 2 heterocycles. The minimum absolute atomic E-state index is 0.120. The van der Waals surface area contributed by atoms with Crippen molar-refractivity contribution in [3.8, 4) is 0 Å². The maximum Gasteiger partial charge on any atom is 0.353 e. The van der Waals surface area contributed by atoms with E-state index in [9.17, 15) is 18.9 Å². The molecule has 30 heavy (non-hydrogen) atoms. The van der Waals surface area contributed by atoms with Crippen LogP contribution in [-0.2, 0) is 0 Å². The Hall–Kier alpha value is -4.21. The van der Waals surface area contributed by atoms with Crippen molar-refractivity contribution in [3.63, 3.8) is 0 Å². The van der Waals surface area contributed by atoms with Crippen LogP contribution in [0, 0.1) is 28.7 Å². The number of nitro groups is 1. The zero-order valence-corrected chi connectivity index (χ0v) is 15.6. The van der Waals surface area contributed by atoms with Crippen LogP contribution in [0.5, 0.6) is 0 Å². The zero-order valence-electron chi connectivity index (χ0n) is 15.6. The molecule has 0 radical (unpaired) electrons. The maximum absolute atomic E-state index is 14.0. The Morgan fingerprint density at radius 1 is 0.967 bits per heavy atom. The molecule has 0 unspecified atom stereocenters. The molecular weight excluding hydrogens is 394 g/mol. The van der Waals surface area contributed by atoms with E-state index in [1.54, 1.807) is 12.1 Å². The normalized spacial score (nSPS) is 10.8. The molecule has 2 aromatic heterocycles. The molecule has 4 rings (SSSR count). The fourth-order valence-electron chi connectivity index (χ4n) is 2.93. The lowest BCUT2D eigenvalue weighted by atomic mass is 10.1. The first kappa shape index (κ1) is 19.1. The van der Waals surface area contributed by atoms with Crippen LogP contribution in [0.15, 0.2) is 54.9 Å². The first-order valence-corrected chi connectivity index (χ1v) is 8.77. The van der Waals surface area contributed by atoms with Crippen molar-refractivity contribution >= 4 is 39.6 Å². The Kier molecular flexibility index (Phi) is 4.88. The van der Waals surface area contributed by atoms with E-state index in [1.807, 2.05) is 25.1 Å². The molecule has 0 atom stereocenters. The lowest BCUT2D eigenvalue weighted by Crippen LogP contribution is -2.06. The number of aromatic nitrogens is 3. The second kappa shape index (κ2) is 7.66. The smallest absolute Gasteiger partial charge is 0.332 e. The highest BCUT2D eigenvalue weighted by Gasteiger charge is 2.24. The van der Waals surface area contributed by atoms with Crippen LogP contribution in [0.4, 0.5) is 37.5 Å². The number of rotatable bonds is 5. The predicted molar refractivity (Wildman–Crippen MR) is 108 cm³/mol. The van der Waals surface area contributed by atoms with Gasteiger partial charge in [-0.05, 0) is 31.2 Å². The fourth-order valence-corrected chi connectivity index (χ4v) is 2.93. The summed E-state index contributed by atoms with van der Waals surface area (Å²) in [5.74, 6) is -1.89. The lowest BCUT2D eigenvalue weighted by molar-refractivity contribution is -0.383. The van der Waals surface area contributed by atoms with E-state index in [0.717, 1.165) is 35.6 Å². The van der Waals surface area contributed by atoms with Crippen LogP contribution >= 0.6 is 0 Å². The van der Waals surface area contributed by atoms with E-state index in [1.165, 1.54) is 0 Å². The topological polar surface area (TPSA) is 106 Å². The summed E-state index contributed by atoms with van der Waals surface area (Å²) < 4.78 is 27.4. The maximum atomic E-state index is 14.0. The van der Waals surface area contributed by atoms with Crippen LogP contribution in [0.2, 0.25) is 0 Å². The number of pyridine rings is 1. The van der Waals surface area contributed by atoms with E-state index in [2.05, 4.69) is 25.6 Å². The molecule has 2 aromatic carbocycles. The third-order valence-electron chi connectivity index (χ3n) is 4.30. The summed E-state index contributed by atoms with van der Waals surface area (Å²) in [5, 5.41) is 18.0. The summed E-state index contributed by atoms with van der Waals surface area (Å²) in [7, 11) is 0. The first-order chi connectivity index (χ1) is 14.4. The van der Waals surface area contributed by atoms with E-state index < -0.39 is 22.2 Å². The van der Waals surface area contributed by atoms with Crippen LogP contribution in [-0.4, -0.2) is 19.9 Å². The molecule has 2 N–H and O–H groups in total. The number of aryl methyl sites for hydroxylation is 1. The minimum atomic E-state index is -0.785. The molecule has 0 amide bonds. The zero-order chi connectivity index (χ0) is 21.3. The highest BCUT2D eigenvalue weighted by atomic mass is 19.1. The number of hydrogen-bond donors (Lipinski definition) is 2. The largest absolute Gasteiger partial charge is 0.353 e. The molecule has 10 heteroatoms. The van der Waals surface area contributed by atoms with E-state index >= 15 is 0 Å². The third-order valence-corrected chi connectivity index (χ3v) is 4.30. The van der Waals surface area contributed by atoms with Gasteiger partial charge in [0.25, 0.3) is 0 Å². The molecule has 0 fully saturated rings. The van der Waals surface area contributed by atoms with Crippen molar-refractivity contribution in [1.29, 1.82) is 0 Å². The molecule has 0 aliphatic carbocycles. The molecule has 0 bridgehead atoms. The van der Waals surface area contributed by atoms with Gasteiger partial charge in [-0.2, -0.15) is 0 Å². The SMILES string of the molecule is Cc1ccc2cccc(Nc3ncnc(Nc4cc(F)ccc4F)c3[N+](=O)[O-])c2n1. The van der Waals surface area contributed by atoms with E-state index in [4.69, 9.17) is 0 Å². The van der Waals surface area contributed by atoms with Crippen LogP contribution in [0.1, 0.15) is 5.69 Å². The molecular formula is C20H14F2N6O2. The Balaban J connectivity index is 1.78. The molecule has 4 aromatic rings. The molecule has 0 aliphatic heterocycles. The summed E-state index contributed by atoms with van der Waals surface area (Å²) in [6.45, 7) is 1.83. The van der Waals surface area contributed by atoms with Gasteiger partial charge in [0, 0.05) is 17.1 Å². The molecule has 150 valence electrons. The van der Waals surface area contributed by atoms with Crippen molar-refractivity contribution in [2.24, 2.45) is 0 Å². The Labute approximate surface area is 168 Å². The summed E-state index contributed by atoms with van der Waals surface area (Å²) in [6.07, 6.45) is 1.08. The van der Waals surface area contributed by atoms with Gasteiger partial charge in [0.15, 0.2) is 0 Å². The second-order valence-electron chi connectivity index (χ2n) is 6.38. The number of halogens is 2. The number of hydrogen-bond acceptors (Lipinski definition) is 7. The molecule has 0 saturated heterocycles. The van der Waals surface area contributed by atoms with Gasteiger partial charge in [-0.25, -0.2) is 18.7 Å². The van der Waals surface area contributed by atoms with Gasteiger partial charge in [0.2, 0.25) is 11.6 Å². The monoisotopic (exact) mass is 408 g/mol. The van der Waals surface area contributed by atoms with Gasteiger partial charge in [-0.1, -0.05) is 18.2 Å². The number of fused-ring (bicyclic) bond motifs is 1. The fraction of sp³-hybridized carbons (Fsp3) is 0.0500. The molecule has 0 saturated carbocycles.